The van der Waals surface area contributed by atoms with E-state index in [2.05, 4.69) is 31.0 Å². The molecular weight excluding hydrogens is 470 g/mol. The normalized spacial score (nSPS) is 11.4. The fourth-order valence-corrected chi connectivity index (χ4v) is 4.23. The van der Waals surface area contributed by atoms with Gasteiger partial charge in [-0.1, -0.05) is 22.0 Å². The zero-order chi connectivity index (χ0) is 21.3. The maximum atomic E-state index is 12.7. The third-order valence-corrected chi connectivity index (χ3v) is 6.16. The maximum Gasteiger partial charge on any atom is 0.261 e. The number of nitrogens with zero attached hydrogens (tertiary/aromatic N) is 1. The van der Waals surface area contributed by atoms with Crippen LogP contribution in [0, 0.1) is 6.92 Å². The molecule has 0 radical (unpaired) electrons. The van der Waals surface area contributed by atoms with Gasteiger partial charge in [0, 0.05) is 28.3 Å². The number of carbonyl (C=O) groups excluding carboxylic acids is 1. The molecule has 0 saturated heterocycles. The van der Waals surface area contributed by atoms with Crippen molar-refractivity contribution in [1.29, 1.82) is 0 Å². The lowest BCUT2D eigenvalue weighted by Gasteiger charge is -2.10. The van der Waals surface area contributed by atoms with Crippen molar-refractivity contribution in [3.8, 4) is 0 Å². The number of oxazole rings is 1. The summed E-state index contributed by atoms with van der Waals surface area (Å²) in [6.07, 6.45) is 0. The average Bonchev–Trinajstić information content (AvgIpc) is 3.09. The Hall–Kier alpha value is -3.17. The second kappa shape index (κ2) is 7.92. The lowest BCUT2D eigenvalue weighted by Crippen LogP contribution is -2.16. The number of carbonyl (C=O) groups is 1. The highest BCUT2D eigenvalue weighted by atomic mass is 79.9. The van der Waals surface area contributed by atoms with Gasteiger partial charge < -0.3 is 9.73 Å². The number of halogens is 1. The lowest BCUT2D eigenvalue weighted by atomic mass is 10.2. The summed E-state index contributed by atoms with van der Waals surface area (Å²) in [5, 5.41) is 2.75. The smallest absolute Gasteiger partial charge is 0.261 e. The number of sulfonamides is 1. The van der Waals surface area contributed by atoms with Crippen LogP contribution in [0.2, 0.25) is 0 Å². The van der Waals surface area contributed by atoms with Crippen LogP contribution >= 0.6 is 15.9 Å². The summed E-state index contributed by atoms with van der Waals surface area (Å²) >= 11 is 3.31. The Bertz CT molecular complexity index is 1350. The fourth-order valence-electron chi connectivity index (χ4n) is 2.86. The van der Waals surface area contributed by atoms with Crippen molar-refractivity contribution in [3.63, 3.8) is 0 Å². The molecule has 1 heterocycles. The first kappa shape index (κ1) is 20.1. The molecule has 2 N–H and O–H groups in total. The topological polar surface area (TPSA) is 101 Å². The van der Waals surface area contributed by atoms with Gasteiger partial charge in [0.1, 0.15) is 5.52 Å². The predicted octanol–water partition coefficient (Wildman–Crippen LogP) is 4.95. The molecule has 3 aromatic carbocycles. The van der Waals surface area contributed by atoms with Gasteiger partial charge in [0.15, 0.2) is 11.5 Å². The highest BCUT2D eigenvalue weighted by Crippen LogP contribution is 2.22. The Morgan fingerprint density at radius 1 is 1.00 bits per heavy atom. The Balaban J connectivity index is 1.55. The molecule has 4 aromatic rings. The molecule has 0 unspecified atom stereocenters. The van der Waals surface area contributed by atoms with Crippen LogP contribution in [0.3, 0.4) is 0 Å². The summed E-state index contributed by atoms with van der Waals surface area (Å²) in [6.45, 7) is 1.74. The van der Waals surface area contributed by atoms with Crippen molar-refractivity contribution < 1.29 is 17.6 Å². The lowest BCUT2D eigenvalue weighted by molar-refractivity contribution is 0.102. The number of hydrogen-bond acceptors (Lipinski definition) is 5. The molecule has 0 bridgehead atoms. The number of aryl methyl sites for hydroxylation is 1. The SMILES string of the molecule is Cc1nc2cc(NC(=O)c3cccc(S(=O)(=O)Nc4ccc(Br)cc4)c3)ccc2o1. The number of hydrogen-bond donors (Lipinski definition) is 2. The molecule has 1 amide bonds. The monoisotopic (exact) mass is 485 g/mol. The van der Waals surface area contributed by atoms with Crippen LogP contribution in [0.4, 0.5) is 11.4 Å². The van der Waals surface area contributed by atoms with Gasteiger partial charge in [-0.2, -0.15) is 0 Å². The Morgan fingerprint density at radius 3 is 2.50 bits per heavy atom. The molecule has 7 nitrogen and oxygen atoms in total. The highest BCUT2D eigenvalue weighted by Gasteiger charge is 2.17. The van der Waals surface area contributed by atoms with Crippen molar-refractivity contribution >= 4 is 54.3 Å². The van der Waals surface area contributed by atoms with Gasteiger partial charge in [0.05, 0.1) is 4.90 Å². The van der Waals surface area contributed by atoms with Gasteiger partial charge in [-0.15, -0.1) is 0 Å². The Kier molecular flexibility index (Phi) is 5.31. The molecule has 0 saturated carbocycles. The number of fused-ring (bicyclic) bond motifs is 1. The molecule has 0 fully saturated rings. The van der Waals surface area contributed by atoms with Crippen molar-refractivity contribution in [3.05, 3.63) is 82.7 Å². The minimum Gasteiger partial charge on any atom is -0.441 e. The van der Waals surface area contributed by atoms with Crippen LogP contribution in [0.15, 0.2) is 80.5 Å². The molecule has 4 rings (SSSR count). The van der Waals surface area contributed by atoms with E-state index < -0.39 is 15.9 Å². The van der Waals surface area contributed by atoms with Crippen LogP contribution < -0.4 is 10.0 Å². The first-order chi connectivity index (χ1) is 14.3. The molecule has 9 heteroatoms. The van der Waals surface area contributed by atoms with E-state index in [-0.39, 0.29) is 10.5 Å². The predicted molar refractivity (Wildman–Crippen MR) is 118 cm³/mol. The second-order valence-corrected chi connectivity index (χ2v) is 9.11. The van der Waals surface area contributed by atoms with Crippen LogP contribution in [-0.2, 0) is 10.0 Å². The molecule has 30 heavy (non-hydrogen) atoms. The zero-order valence-electron chi connectivity index (χ0n) is 15.7. The standard InChI is InChI=1S/C21H16BrN3O4S/c1-13-23-19-12-17(9-10-20(19)29-13)24-21(26)14-3-2-4-18(11-14)30(27,28)25-16-7-5-15(22)6-8-16/h2-12,25H,1H3,(H,24,26). The fraction of sp³-hybridized carbons (Fsp3) is 0.0476. The number of amides is 1. The van der Waals surface area contributed by atoms with Crippen LogP contribution in [0.5, 0.6) is 0 Å². The van der Waals surface area contributed by atoms with Gasteiger partial charge >= 0.3 is 0 Å². The van der Waals surface area contributed by atoms with Crippen LogP contribution in [0.1, 0.15) is 16.2 Å². The van der Waals surface area contributed by atoms with E-state index in [9.17, 15) is 13.2 Å². The van der Waals surface area contributed by atoms with Crippen LogP contribution in [-0.4, -0.2) is 19.3 Å². The van der Waals surface area contributed by atoms with E-state index in [0.717, 1.165) is 4.47 Å². The number of anilines is 2. The summed E-state index contributed by atoms with van der Waals surface area (Å²) in [4.78, 5) is 16.9. The minimum atomic E-state index is -3.85. The third kappa shape index (κ3) is 4.37. The van der Waals surface area contributed by atoms with E-state index in [4.69, 9.17) is 4.42 Å². The van der Waals surface area contributed by atoms with Crippen molar-refractivity contribution in [2.75, 3.05) is 10.0 Å². The summed E-state index contributed by atoms with van der Waals surface area (Å²) in [7, 11) is -3.85. The van der Waals surface area contributed by atoms with Gasteiger partial charge in [0.25, 0.3) is 15.9 Å². The summed E-state index contributed by atoms with van der Waals surface area (Å²) in [5.74, 6) is 0.0971. The quantitative estimate of drug-likeness (QED) is 0.416. The second-order valence-electron chi connectivity index (χ2n) is 6.51. The molecular formula is C21H16BrN3O4S. The van der Waals surface area contributed by atoms with Crippen molar-refractivity contribution in [2.24, 2.45) is 0 Å². The molecule has 0 aliphatic rings. The van der Waals surface area contributed by atoms with E-state index in [1.54, 1.807) is 55.5 Å². The van der Waals surface area contributed by atoms with Crippen LogP contribution in [0.25, 0.3) is 11.1 Å². The summed E-state index contributed by atoms with van der Waals surface area (Å²) < 4.78 is 34.1. The maximum absolute atomic E-state index is 12.7. The van der Waals surface area contributed by atoms with Crippen molar-refractivity contribution in [1.82, 2.24) is 4.98 Å². The Labute approximate surface area is 181 Å². The van der Waals surface area contributed by atoms with Gasteiger partial charge in [-0.25, -0.2) is 13.4 Å². The molecule has 0 aliphatic carbocycles. The van der Waals surface area contributed by atoms with E-state index in [1.165, 1.54) is 18.2 Å². The number of aromatic nitrogens is 1. The summed E-state index contributed by atoms with van der Waals surface area (Å²) in [6, 6.07) is 17.7. The number of benzene rings is 3. The zero-order valence-corrected chi connectivity index (χ0v) is 18.1. The van der Waals surface area contributed by atoms with E-state index in [1.807, 2.05) is 0 Å². The first-order valence-electron chi connectivity index (χ1n) is 8.87. The first-order valence-corrected chi connectivity index (χ1v) is 11.1. The number of rotatable bonds is 5. The third-order valence-electron chi connectivity index (χ3n) is 4.26. The molecule has 1 aromatic heterocycles. The highest BCUT2D eigenvalue weighted by molar-refractivity contribution is 9.10. The van der Waals surface area contributed by atoms with Crippen molar-refractivity contribution in [2.45, 2.75) is 11.8 Å². The average molecular weight is 486 g/mol. The summed E-state index contributed by atoms with van der Waals surface area (Å²) in [5.41, 5.74) is 2.41. The van der Waals surface area contributed by atoms with Gasteiger partial charge in [-0.3, -0.25) is 9.52 Å². The van der Waals surface area contributed by atoms with E-state index >= 15 is 0 Å². The minimum absolute atomic E-state index is 0.0133. The largest absolute Gasteiger partial charge is 0.441 e. The van der Waals surface area contributed by atoms with Gasteiger partial charge in [-0.05, 0) is 60.7 Å². The molecule has 0 atom stereocenters. The molecule has 0 aliphatic heterocycles. The molecule has 0 spiro atoms. The molecule has 152 valence electrons. The Morgan fingerprint density at radius 2 is 1.73 bits per heavy atom. The number of nitrogens with one attached hydrogen (secondary N) is 2. The van der Waals surface area contributed by atoms with Gasteiger partial charge in [0.2, 0.25) is 0 Å². The van der Waals surface area contributed by atoms with E-state index in [0.29, 0.717) is 28.4 Å².